The number of nitrogens with one attached hydrogen (secondary N) is 1. The maximum atomic E-state index is 12.3. The summed E-state index contributed by atoms with van der Waals surface area (Å²) in [7, 11) is 0. The molecule has 0 saturated carbocycles. The van der Waals surface area contributed by atoms with E-state index in [1.54, 1.807) is 30.8 Å². The first-order chi connectivity index (χ1) is 10.7. The van der Waals surface area contributed by atoms with Crippen LogP contribution in [0.15, 0.2) is 41.4 Å². The summed E-state index contributed by atoms with van der Waals surface area (Å²) in [5, 5.41) is 8.99. The predicted octanol–water partition coefficient (Wildman–Crippen LogP) is 2.03. The molecule has 7 heteroatoms. The highest BCUT2D eigenvalue weighted by molar-refractivity contribution is 7.12. The predicted molar refractivity (Wildman–Crippen MR) is 84.8 cm³/mol. The summed E-state index contributed by atoms with van der Waals surface area (Å²) in [6.07, 6.45) is 6.77. The second-order valence-corrected chi connectivity index (χ2v) is 6.37. The van der Waals surface area contributed by atoms with Gasteiger partial charge in [0.05, 0.1) is 11.2 Å². The number of carbonyl (C=O) groups excluding carboxylic acids is 1. The van der Waals surface area contributed by atoms with Crippen molar-refractivity contribution in [1.82, 2.24) is 14.9 Å². The molecule has 0 aromatic carbocycles. The highest BCUT2D eigenvalue weighted by atomic mass is 32.1. The van der Waals surface area contributed by atoms with E-state index in [0.717, 1.165) is 23.6 Å². The number of hydrogen-bond acceptors (Lipinski definition) is 5. The average Bonchev–Trinajstić information content (AvgIpc) is 3.24. The standard InChI is InChI=1S/C15H18N4O2S/c1-15(10-12(18-21-15)13-4-2-9-22-13)14(20)17-5-3-7-19-8-6-16-11-19/h2,4,6,8-9,11H,3,5,7,10H2,1H3,(H,17,20). The minimum absolute atomic E-state index is 0.117. The molecule has 0 fully saturated rings. The first kappa shape index (κ1) is 14.8. The Morgan fingerprint density at radius 1 is 1.59 bits per heavy atom. The van der Waals surface area contributed by atoms with Gasteiger partial charge in [0, 0.05) is 31.9 Å². The highest BCUT2D eigenvalue weighted by Gasteiger charge is 2.42. The molecule has 3 rings (SSSR count). The maximum Gasteiger partial charge on any atom is 0.267 e. The maximum absolute atomic E-state index is 12.3. The summed E-state index contributed by atoms with van der Waals surface area (Å²) in [4.78, 5) is 22.8. The van der Waals surface area contributed by atoms with Gasteiger partial charge in [0.25, 0.3) is 5.91 Å². The van der Waals surface area contributed by atoms with Crippen LogP contribution in [-0.4, -0.2) is 33.3 Å². The largest absolute Gasteiger partial charge is 0.379 e. The molecule has 3 heterocycles. The number of thiophene rings is 1. The molecule has 2 aromatic heterocycles. The van der Waals surface area contributed by atoms with E-state index in [9.17, 15) is 4.79 Å². The Morgan fingerprint density at radius 3 is 3.23 bits per heavy atom. The SMILES string of the molecule is CC1(C(=O)NCCCn2ccnc2)CC(c2cccs2)=NO1. The van der Waals surface area contributed by atoms with Crippen molar-refractivity contribution in [2.75, 3.05) is 6.54 Å². The summed E-state index contributed by atoms with van der Waals surface area (Å²) in [5.74, 6) is -0.117. The third-order valence-corrected chi connectivity index (χ3v) is 4.50. The van der Waals surface area contributed by atoms with Crippen LogP contribution >= 0.6 is 11.3 Å². The zero-order chi connectivity index (χ0) is 15.4. The summed E-state index contributed by atoms with van der Waals surface area (Å²) in [5.41, 5.74) is -0.0695. The molecule has 1 N–H and O–H groups in total. The molecular weight excluding hydrogens is 300 g/mol. The van der Waals surface area contributed by atoms with Gasteiger partial charge in [-0.05, 0) is 24.8 Å². The second kappa shape index (κ2) is 6.31. The fraction of sp³-hybridized carbons (Fsp3) is 0.400. The molecule has 0 radical (unpaired) electrons. The van der Waals surface area contributed by atoms with Crippen LogP contribution in [0.2, 0.25) is 0 Å². The summed E-state index contributed by atoms with van der Waals surface area (Å²) in [6.45, 7) is 3.21. The van der Waals surface area contributed by atoms with Gasteiger partial charge in [0.15, 0.2) is 0 Å². The fourth-order valence-electron chi connectivity index (χ4n) is 2.31. The van der Waals surface area contributed by atoms with Gasteiger partial charge in [0.1, 0.15) is 5.71 Å². The molecule has 2 aromatic rings. The zero-order valence-corrected chi connectivity index (χ0v) is 13.2. The van der Waals surface area contributed by atoms with Gasteiger partial charge in [-0.25, -0.2) is 4.98 Å². The Hall–Kier alpha value is -2.15. The van der Waals surface area contributed by atoms with Gasteiger partial charge in [-0.1, -0.05) is 11.2 Å². The summed E-state index contributed by atoms with van der Waals surface area (Å²) >= 11 is 1.60. The molecule has 1 aliphatic rings. The first-order valence-electron chi connectivity index (χ1n) is 7.20. The monoisotopic (exact) mass is 318 g/mol. The number of aryl methyl sites for hydroxylation is 1. The molecule has 116 valence electrons. The minimum atomic E-state index is -0.908. The second-order valence-electron chi connectivity index (χ2n) is 5.42. The molecule has 1 aliphatic heterocycles. The fourth-order valence-corrected chi connectivity index (χ4v) is 3.01. The lowest BCUT2D eigenvalue weighted by Gasteiger charge is -2.20. The van der Waals surface area contributed by atoms with Crippen molar-refractivity contribution < 1.29 is 9.63 Å². The van der Waals surface area contributed by atoms with Gasteiger partial charge in [-0.2, -0.15) is 0 Å². The Morgan fingerprint density at radius 2 is 2.50 bits per heavy atom. The van der Waals surface area contributed by atoms with Gasteiger partial charge >= 0.3 is 0 Å². The van der Waals surface area contributed by atoms with Crippen molar-refractivity contribution in [2.45, 2.75) is 31.9 Å². The molecule has 0 spiro atoms. The average molecular weight is 318 g/mol. The van der Waals surface area contributed by atoms with E-state index in [1.807, 2.05) is 28.3 Å². The Bertz CT molecular complexity index is 651. The van der Waals surface area contributed by atoms with E-state index in [4.69, 9.17) is 4.84 Å². The smallest absolute Gasteiger partial charge is 0.267 e. The number of nitrogens with zero attached hydrogens (tertiary/aromatic N) is 3. The molecule has 0 bridgehead atoms. The molecule has 1 atom stereocenters. The van der Waals surface area contributed by atoms with Gasteiger partial charge < -0.3 is 14.7 Å². The van der Waals surface area contributed by atoms with Gasteiger partial charge in [-0.15, -0.1) is 11.3 Å². The van der Waals surface area contributed by atoms with Crippen LogP contribution in [0.1, 0.15) is 24.6 Å². The normalized spacial score (nSPS) is 20.5. The van der Waals surface area contributed by atoms with Crippen molar-refractivity contribution >= 4 is 23.0 Å². The van der Waals surface area contributed by atoms with Gasteiger partial charge in [-0.3, -0.25) is 4.79 Å². The minimum Gasteiger partial charge on any atom is -0.379 e. The number of carbonyl (C=O) groups is 1. The van der Waals surface area contributed by atoms with Crippen LogP contribution < -0.4 is 5.32 Å². The van der Waals surface area contributed by atoms with Crippen LogP contribution in [0, 0.1) is 0 Å². The van der Waals surface area contributed by atoms with Crippen LogP contribution in [0.25, 0.3) is 0 Å². The molecule has 22 heavy (non-hydrogen) atoms. The van der Waals surface area contributed by atoms with E-state index in [2.05, 4.69) is 15.5 Å². The summed E-state index contributed by atoms with van der Waals surface area (Å²) < 4.78 is 1.98. The number of rotatable bonds is 6. The number of imidazole rings is 1. The number of amides is 1. The third-order valence-electron chi connectivity index (χ3n) is 3.59. The van der Waals surface area contributed by atoms with Crippen molar-refractivity contribution in [1.29, 1.82) is 0 Å². The van der Waals surface area contributed by atoms with Crippen molar-refractivity contribution in [3.05, 3.63) is 41.1 Å². The zero-order valence-electron chi connectivity index (χ0n) is 12.4. The molecule has 0 aliphatic carbocycles. The molecule has 1 amide bonds. The van der Waals surface area contributed by atoms with Gasteiger partial charge in [0.2, 0.25) is 5.60 Å². The molecule has 1 unspecified atom stereocenters. The van der Waals surface area contributed by atoms with E-state index >= 15 is 0 Å². The van der Waals surface area contributed by atoms with E-state index in [-0.39, 0.29) is 5.91 Å². The van der Waals surface area contributed by atoms with Crippen molar-refractivity contribution in [3.8, 4) is 0 Å². The van der Waals surface area contributed by atoms with Crippen molar-refractivity contribution in [2.24, 2.45) is 5.16 Å². The number of oxime groups is 1. The topological polar surface area (TPSA) is 68.5 Å². The Balaban J connectivity index is 1.46. The molecule has 6 nitrogen and oxygen atoms in total. The van der Waals surface area contributed by atoms with Crippen LogP contribution in [0.3, 0.4) is 0 Å². The molecular formula is C15H18N4O2S. The Kier molecular flexibility index (Phi) is 4.24. The lowest BCUT2D eigenvalue weighted by atomic mass is 9.98. The Labute approximate surface area is 132 Å². The van der Waals surface area contributed by atoms with Crippen molar-refractivity contribution in [3.63, 3.8) is 0 Å². The molecule has 0 saturated heterocycles. The quantitative estimate of drug-likeness (QED) is 0.829. The van der Waals surface area contributed by atoms with E-state index in [0.29, 0.717) is 13.0 Å². The third kappa shape index (κ3) is 3.19. The van der Waals surface area contributed by atoms with Crippen LogP contribution in [0.4, 0.5) is 0 Å². The van der Waals surface area contributed by atoms with E-state index in [1.165, 1.54) is 0 Å². The van der Waals surface area contributed by atoms with E-state index < -0.39 is 5.60 Å². The summed E-state index contributed by atoms with van der Waals surface area (Å²) in [6, 6.07) is 3.95. The lowest BCUT2D eigenvalue weighted by molar-refractivity contribution is -0.141. The van der Waals surface area contributed by atoms with Crippen LogP contribution in [0.5, 0.6) is 0 Å². The van der Waals surface area contributed by atoms with Crippen LogP contribution in [-0.2, 0) is 16.2 Å². The number of hydrogen-bond donors (Lipinski definition) is 1. The highest BCUT2D eigenvalue weighted by Crippen LogP contribution is 2.28. The lowest BCUT2D eigenvalue weighted by Crippen LogP contribution is -2.45. The first-order valence-corrected chi connectivity index (χ1v) is 8.08. The number of aromatic nitrogens is 2.